The summed E-state index contributed by atoms with van der Waals surface area (Å²) in [4.78, 5) is 0. The first-order valence-electron chi connectivity index (χ1n) is 14.2. The van der Waals surface area contributed by atoms with Crippen LogP contribution >= 0.6 is 0 Å². The van der Waals surface area contributed by atoms with Crippen LogP contribution in [0.5, 0.6) is 0 Å². The van der Waals surface area contributed by atoms with Crippen molar-refractivity contribution in [2.24, 2.45) is 0 Å². The van der Waals surface area contributed by atoms with Gasteiger partial charge in [0.05, 0.1) is 6.10 Å². The standard InChI is InChI=1S/C28H58O3/c1-2-3-4-22-27-31-28(24-26-30)23-20-18-16-14-12-10-8-6-5-7-9-11-13-15-17-19-21-25-29/h28-30H,2-27H2,1H3. The summed E-state index contributed by atoms with van der Waals surface area (Å²) in [5.74, 6) is 0. The monoisotopic (exact) mass is 442 g/mol. The first-order valence-corrected chi connectivity index (χ1v) is 14.2. The highest BCUT2D eigenvalue weighted by molar-refractivity contribution is 4.59. The van der Waals surface area contributed by atoms with Crippen molar-refractivity contribution in [3.8, 4) is 0 Å². The molecule has 0 saturated heterocycles. The van der Waals surface area contributed by atoms with Gasteiger partial charge in [-0.1, -0.05) is 129 Å². The molecule has 0 bridgehead atoms. The lowest BCUT2D eigenvalue weighted by Crippen LogP contribution is -2.15. The third-order valence-corrected chi connectivity index (χ3v) is 6.49. The average Bonchev–Trinajstić information content (AvgIpc) is 2.78. The van der Waals surface area contributed by atoms with Crippen molar-refractivity contribution < 1.29 is 14.9 Å². The molecule has 1 atom stereocenters. The van der Waals surface area contributed by atoms with Crippen LogP contribution in [-0.4, -0.2) is 36.1 Å². The Bertz CT molecular complexity index is 309. The van der Waals surface area contributed by atoms with E-state index < -0.39 is 0 Å². The van der Waals surface area contributed by atoms with Crippen molar-refractivity contribution in [2.75, 3.05) is 19.8 Å². The third-order valence-electron chi connectivity index (χ3n) is 6.49. The molecule has 0 aliphatic carbocycles. The molecule has 3 nitrogen and oxygen atoms in total. The summed E-state index contributed by atoms with van der Waals surface area (Å²) in [6.07, 6.45) is 30.1. The van der Waals surface area contributed by atoms with Crippen molar-refractivity contribution >= 4 is 0 Å². The van der Waals surface area contributed by atoms with E-state index >= 15 is 0 Å². The number of hydrogen-bond donors (Lipinski definition) is 2. The molecule has 3 heteroatoms. The lowest BCUT2D eigenvalue weighted by molar-refractivity contribution is 0.0266. The Balaban J connectivity index is 3.26. The second-order valence-corrected chi connectivity index (χ2v) is 9.59. The van der Waals surface area contributed by atoms with Crippen molar-refractivity contribution in [3.05, 3.63) is 0 Å². The van der Waals surface area contributed by atoms with Gasteiger partial charge in [0.25, 0.3) is 0 Å². The maximum atomic E-state index is 9.24. The first kappa shape index (κ1) is 30.9. The van der Waals surface area contributed by atoms with Crippen molar-refractivity contribution in [1.29, 1.82) is 0 Å². The molecular formula is C28H58O3. The van der Waals surface area contributed by atoms with Crippen LogP contribution in [0.4, 0.5) is 0 Å². The number of ether oxygens (including phenoxy) is 1. The molecule has 0 aliphatic rings. The molecule has 0 heterocycles. The van der Waals surface area contributed by atoms with E-state index in [2.05, 4.69) is 6.92 Å². The van der Waals surface area contributed by atoms with E-state index in [4.69, 9.17) is 9.84 Å². The van der Waals surface area contributed by atoms with Gasteiger partial charge in [-0.2, -0.15) is 0 Å². The Kier molecular flexibility index (Phi) is 27.8. The minimum absolute atomic E-state index is 0.255. The van der Waals surface area contributed by atoms with Gasteiger partial charge >= 0.3 is 0 Å². The van der Waals surface area contributed by atoms with E-state index in [1.54, 1.807) is 0 Å². The molecular weight excluding hydrogens is 384 g/mol. The Morgan fingerprint density at radius 2 is 0.871 bits per heavy atom. The predicted molar refractivity (Wildman–Crippen MR) is 136 cm³/mol. The normalized spacial score (nSPS) is 12.5. The van der Waals surface area contributed by atoms with Crippen LogP contribution < -0.4 is 0 Å². The molecule has 0 amide bonds. The van der Waals surface area contributed by atoms with E-state index in [1.807, 2.05) is 0 Å². The summed E-state index contributed by atoms with van der Waals surface area (Å²) in [6.45, 7) is 3.73. The molecule has 0 aromatic heterocycles. The highest BCUT2D eigenvalue weighted by atomic mass is 16.5. The molecule has 0 saturated carbocycles. The molecule has 0 spiro atoms. The highest BCUT2D eigenvalue weighted by Gasteiger charge is 2.08. The molecule has 0 aromatic rings. The maximum absolute atomic E-state index is 9.24. The zero-order valence-corrected chi connectivity index (χ0v) is 21.3. The van der Waals surface area contributed by atoms with Crippen LogP contribution in [0, 0.1) is 0 Å². The largest absolute Gasteiger partial charge is 0.396 e. The zero-order chi connectivity index (χ0) is 22.7. The van der Waals surface area contributed by atoms with E-state index in [0.717, 1.165) is 25.9 Å². The van der Waals surface area contributed by atoms with Gasteiger partial charge in [-0.15, -0.1) is 0 Å². The van der Waals surface area contributed by atoms with E-state index in [9.17, 15) is 5.11 Å². The lowest BCUT2D eigenvalue weighted by atomic mass is 10.0. The minimum Gasteiger partial charge on any atom is -0.396 e. The zero-order valence-electron chi connectivity index (χ0n) is 21.3. The van der Waals surface area contributed by atoms with Crippen LogP contribution in [0.25, 0.3) is 0 Å². The Morgan fingerprint density at radius 1 is 0.452 bits per heavy atom. The second-order valence-electron chi connectivity index (χ2n) is 9.59. The fourth-order valence-electron chi connectivity index (χ4n) is 4.37. The minimum atomic E-state index is 0.255. The lowest BCUT2D eigenvalue weighted by Gasteiger charge is -2.17. The molecule has 188 valence electrons. The summed E-state index contributed by atoms with van der Waals surface area (Å²) < 4.78 is 5.99. The van der Waals surface area contributed by atoms with Gasteiger partial charge in [-0.3, -0.25) is 0 Å². The topological polar surface area (TPSA) is 49.7 Å². The van der Waals surface area contributed by atoms with Gasteiger partial charge in [0, 0.05) is 19.8 Å². The highest BCUT2D eigenvalue weighted by Crippen LogP contribution is 2.16. The number of hydrogen-bond acceptors (Lipinski definition) is 3. The first-order chi connectivity index (χ1) is 15.3. The number of unbranched alkanes of at least 4 members (excludes halogenated alkanes) is 19. The fraction of sp³-hybridized carbons (Fsp3) is 1.00. The Morgan fingerprint density at radius 3 is 1.29 bits per heavy atom. The summed E-state index contributed by atoms with van der Waals surface area (Å²) in [5, 5.41) is 18.0. The van der Waals surface area contributed by atoms with E-state index in [1.165, 1.54) is 128 Å². The van der Waals surface area contributed by atoms with Gasteiger partial charge in [0.1, 0.15) is 0 Å². The van der Waals surface area contributed by atoms with Crippen LogP contribution in [0.15, 0.2) is 0 Å². The molecule has 1 unspecified atom stereocenters. The molecule has 0 aromatic carbocycles. The maximum Gasteiger partial charge on any atom is 0.0597 e. The fourth-order valence-corrected chi connectivity index (χ4v) is 4.37. The van der Waals surface area contributed by atoms with Gasteiger partial charge in [-0.05, 0) is 25.7 Å². The van der Waals surface area contributed by atoms with Gasteiger partial charge in [0.2, 0.25) is 0 Å². The molecule has 0 rings (SSSR count). The van der Waals surface area contributed by atoms with Gasteiger partial charge in [0.15, 0.2) is 0 Å². The van der Waals surface area contributed by atoms with E-state index in [-0.39, 0.29) is 12.7 Å². The SMILES string of the molecule is CCCCCCOC(CCO)CCCCCCCCCCCCCCCCCCCO. The van der Waals surface area contributed by atoms with Crippen molar-refractivity contribution in [2.45, 2.75) is 161 Å². The second kappa shape index (κ2) is 27.9. The van der Waals surface area contributed by atoms with Crippen LogP contribution in [0.1, 0.15) is 155 Å². The third kappa shape index (κ3) is 26.0. The number of aliphatic hydroxyl groups excluding tert-OH is 2. The van der Waals surface area contributed by atoms with Gasteiger partial charge < -0.3 is 14.9 Å². The van der Waals surface area contributed by atoms with Gasteiger partial charge in [-0.25, -0.2) is 0 Å². The smallest absolute Gasteiger partial charge is 0.0597 e. The summed E-state index contributed by atoms with van der Waals surface area (Å²) in [5.41, 5.74) is 0. The summed E-state index contributed by atoms with van der Waals surface area (Å²) >= 11 is 0. The number of rotatable bonds is 27. The molecule has 0 aliphatic heterocycles. The Labute approximate surface area is 195 Å². The summed E-state index contributed by atoms with van der Waals surface area (Å²) in [6, 6.07) is 0. The predicted octanol–water partition coefficient (Wildman–Crippen LogP) is 8.35. The molecule has 2 N–H and O–H groups in total. The quantitative estimate of drug-likeness (QED) is 0.126. The Hall–Kier alpha value is -0.120. The molecule has 0 fully saturated rings. The average molecular weight is 443 g/mol. The molecule has 31 heavy (non-hydrogen) atoms. The van der Waals surface area contributed by atoms with Crippen LogP contribution in [0.3, 0.4) is 0 Å². The van der Waals surface area contributed by atoms with Crippen molar-refractivity contribution in [3.63, 3.8) is 0 Å². The van der Waals surface area contributed by atoms with Crippen LogP contribution in [0.2, 0.25) is 0 Å². The van der Waals surface area contributed by atoms with Crippen LogP contribution in [-0.2, 0) is 4.74 Å². The summed E-state index contributed by atoms with van der Waals surface area (Å²) in [7, 11) is 0. The molecule has 0 radical (unpaired) electrons. The van der Waals surface area contributed by atoms with Crippen molar-refractivity contribution in [1.82, 2.24) is 0 Å². The number of aliphatic hydroxyl groups is 2. The van der Waals surface area contributed by atoms with E-state index in [0.29, 0.717) is 6.61 Å².